The summed E-state index contributed by atoms with van der Waals surface area (Å²) in [5, 5.41) is 4.45. The highest BCUT2D eigenvalue weighted by Gasteiger charge is 2.10. The lowest BCUT2D eigenvalue weighted by atomic mass is 10.1. The maximum atomic E-state index is 6.05. The number of hydrogen-bond donors (Lipinski definition) is 1. The van der Waals surface area contributed by atoms with Crippen LogP contribution in [0.5, 0.6) is 0 Å². The van der Waals surface area contributed by atoms with E-state index in [1.807, 2.05) is 0 Å². The maximum absolute atomic E-state index is 6.05. The molecule has 1 aliphatic rings. The van der Waals surface area contributed by atoms with Crippen molar-refractivity contribution in [1.82, 2.24) is 10.3 Å². The molecule has 1 N–H and O–H groups in total. The van der Waals surface area contributed by atoms with Crippen LogP contribution in [0, 0.1) is 0 Å². The third-order valence-corrected chi connectivity index (χ3v) is 2.67. The molecule has 0 bridgehead atoms. The zero-order valence-corrected chi connectivity index (χ0v) is 9.07. The summed E-state index contributed by atoms with van der Waals surface area (Å²) >= 11 is 11.8. The quantitative estimate of drug-likeness (QED) is 0.800. The van der Waals surface area contributed by atoms with Gasteiger partial charge >= 0.3 is 0 Å². The van der Waals surface area contributed by atoms with E-state index in [1.165, 1.54) is 5.57 Å². The Bertz CT molecular complexity index is 374. The Morgan fingerprint density at radius 2 is 2.21 bits per heavy atom. The van der Waals surface area contributed by atoms with Crippen molar-refractivity contribution >= 4 is 28.8 Å². The van der Waals surface area contributed by atoms with Gasteiger partial charge in [0.15, 0.2) is 0 Å². The van der Waals surface area contributed by atoms with Crippen LogP contribution >= 0.6 is 23.2 Å². The third-order valence-electron chi connectivity index (χ3n) is 2.18. The molecule has 0 spiro atoms. The molecule has 74 valence electrons. The van der Waals surface area contributed by atoms with E-state index in [1.54, 1.807) is 12.3 Å². The number of nitrogens with one attached hydrogen (secondary N) is 1. The molecule has 0 aliphatic carbocycles. The molecule has 0 aromatic carbocycles. The Morgan fingerprint density at radius 3 is 2.86 bits per heavy atom. The van der Waals surface area contributed by atoms with Crippen molar-refractivity contribution in [3.63, 3.8) is 0 Å². The van der Waals surface area contributed by atoms with Crippen molar-refractivity contribution in [3.8, 4) is 0 Å². The molecule has 0 radical (unpaired) electrons. The highest BCUT2D eigenvalue weighted by atomic mass is 35.5. The van der Waals surface area contributed by atoms with Crippen molar-refractivity contribution in [2.24, 2.45) is 0 Å². The molecule has 0 saturated carbocycles. The lowest BCUT2D eigenvalue weighted by Crippen LogP contribution is -2.20. The van der Waals surface area contributed by atoms with Crippen molar-refractivity contribution in [1.29, 1.82) is 0 Å². The molecule has 0 unspecified atom stereocenters. The average Bonchev–Trinajstić information content (AvgIpc) is 2.19. The van der Waals surface area contributed by atoms with E-state index < -0.39 is 0 Å². The van der Waals surface area contributed by atoms with Gasteiger partial charge in [-0.1, -0.05) is 29.3 Å². The summed E-state index contributed by atoms with van der Waals surface area (Å²) in [6.07, 6.45) is 4.71. The largest absolute Gasteiger partial charge is 0.313 e. The molecule has 0 saturated heterocycles. The summed E-state index contributed by atoms with van der Waals surface area (Å²) in [4.78, 5) is 4.24. The maximum Gasteiger partial charge on any atom is 0.0846 e. The van der Waals surface area contributed by atoms with Gasteiger partial charge in [0.2, 0.25) is 0 Å². The number of pyridine rings is 1. The molecule has 2 nitrogen and oxygen atoms in total. The van der Waals surface area contributed by atoms with E-state index in [0.29, 0.717) is 10.0 Å². The minimum Gasteiger partial charge on any atom is -0.313 e. The topological polar surface area (TPSA) is 24.9 Å². The monoisotopic (exact) mass is 228 g/mol. The SMILES string of the molecule is Clc1cnc(C2=CCNCC2)c(Cl)c1. The van der Waals surface area contributed by atoms with E-state index >= 15 is 0 Å². The molecule has 0 amide bonds. The number of nitrogens with zero attached hydrogens (tertiary/aromatic N) is 1. The van der Waals surface area contributed by atoms with Gasteiger partial charge in [-0.2, -0.15) is 0 Å². The third kappa shape index (κ3) is 2.08. The highest BCUT2D eigenvalue weighted by Crippen LogP contribution is 2.26. The van der Waals surface area contributed by atoms with Crippen molar-refractivity contribution in [2.45, 2.75) is 6.42 Å². The minimum absolute atomic E-state index is 0.577. The summed E-state index contributed by atoms with van der Waals surface area (Å²) in [6, 6.07) is 1.73. The molecule has 2 heterocycles. The second-order valence-corrected chi connectivity index (χ2v) is 4.01. The number of rotatable bonds is 1. The first-order valence-corrected chi connectivity index (χ1v) is 5.24. The van der Waals surface area contributed by atoms with E-state index in [9.17, 15) is 0 Å². The van der Waals surface area contributed by atoms with Crippen LogP contribution in [0.25, 0.3) is 5.57 Å². The molecule has 4 heteroatoms. The van der Waals surface area contributed by atoms with Crippen LogP contribution in [0.3, 0.4) is 0 Å². The number of hydrogen-bond acceptors (Lipinski definition) is 2. The second kappa shape index (κ2) is 4.30. The Balaban J connectivity index is 2.35. The normalized spacial score (nSPS) is 16.6. The van der Waals surface area contributed by atoms with Gasteiger partial charge in [-0.15, -0.1) is 0 Å². The van der Waals surface area contributed by atoms with E-state index in [4.69, 9.17) is 23.2 Å². The molecule has 1 aliphatic heterocycles. The van der Waals surface area contributed by atoms with Gasteiger partial charge in [0.05, 0.1) is 15.7 Å². The van der Waals surface area contributed by atoms with E-state index in [0.717, 1.165) is 25.2 Å². The standard InChI is InChI=1S/C10H10Cl2N2/c11-8-5-9(12)10(14-6-8)7-1-3-13-4-2-7/h1,5-6,13H,2-4H2. The molecule has 0 atom stereocenters. The second-order valence-electron chi connectivity index (χ2n) is 3.17. The van der Waals surface area contributed by atoms with Gasteiger partial charge in [0.1, 0.15) is 0 Å². The van der Waals surface area contributed by atoms with Crippen LogP contribution in [0.2, 0.25) is 10.0 Å². The Hall–Kier alpha value is -0.570. The van der Waals surface area contributed by atoms with Crippen LogP contribution in [-0.2, 0) is 0 Å². The first-order valence-electron chi connectivity index (χ1n) is 4.48. The molecule has 2 rings (SSSR count). The van der Waals surface area contributed by atoms with Gasteiger partial charge < -0.3 is 5.32 Å². The molecular weight excluding hydrogens is 219 g/mol. The van der Waals surface area contributed by atoms with Crippen LogP contribution in [0.15, 0.2) is 18.3 Å². The van der Waals surface area contributed by atoms with Crippen LogP contribution < -0.4 is 5.32 Å². The number of aromatic nitrogens is 1. The molecule has 1 aromatic rings. The van der Waals surface area contributed by atoms with E-state index in [2.05, 4.69) is 16.4 Å². The molecular formula is C10H10Cl2N2. The fourth-order valence-corrected chi connectivity index (χ4v) is 1.99. The molecule has 1 aromatic heterocycles. The van der Waals surface area contributed by atoms with Crippen molar-refractivity contribution in [2.75, 3.05) is 13.1 Å². The fourth-order valence-electron chi connectivity index (χ4n) is 1.49. The smallest absolute Gasteiger partial charge is 0.0846 e. The van der Waals surface area contributed by atoms with Crippen LogP contribution in [0.4, 0.5) is 0 Å². The van der Waals surface area contributed by atoms with Gasteiger partial charge in [0, 0.05) is 12.7 Å². The molecule has 0 fully saturated rings. The average molecular weight is 229 g/mol. The summed E-state index contributed by atoms with van der Waals surface area (Å²) in [7, 11) is 0. The van der Waals surface area contributed by atoms with E-state index in [-0.39, 0.29) is 0 Å². The zero-order chi connectivity index (χ0) is 9.97. The summed E-state index contributed by atoms with van der Waals surface area (Å²) in [5.74, 6) is 0. The summed E-state index contributed by atoms with van der Waals surface area (Å²) in [5.41, 5.74) is 2.06. The zero-order valence-electron chi connectivity index (χ0n) is 7.56. The van der Waals surface area contributed by atoms with Crippen LogP contribution in [0.1, 0.15) is 12.1 Å². The summed E-state index contributed by atoms with van der Waals surface area (Å²) < 4.78 is 0. The Labute approximate surface area is 92.9 Å². The predicted molar refractivity (Wildman–Crippen MR) is 59.7 cm³/mol. The van der Waals surface area contributed by atoms with Gasteiger partial charge in [-0.25, -0.2) is 0 Å². The van der Waals surface area contributed by atoms with Crippen molar-refractivity contribution < 1.29 is 0 Å². The minimum atomic E-state index is 0.577. The molecule has 14 heavy (non-hydrogen) atoms. The van der Waals surface area contributed by atoms with Gasteiger partial charge in [0.25, 0.3) is 0 Å². The first-order chi connectivity index (χ1) is 6.77. The lowest BCUT2D eigenvalue weighted by molar-refractivity contribution is 0.737. The van der Waals surface area contributed by atoms with Crippen molar-refractivity contribution in [3.05, 3.63) is 34.1 Å². The van der Waals surface area contributed by atoms with Crippen LogP contribution in [-0.4, -0.2) is 18.1 Å². The summed E-state index contributed by atoms with van der Waals surface area (Å²) in [6.45, 7) is 1.86. The Kier molecular flexibility index (Phi) is 3.06. The predicted octanol–water partition coefficient (Wildman–Crippen LogP) is 2.77. The van der Waals surface area contributed by atoms with Gasteiger partial charge in [-0.3, -0.25) is 4.98 Å². The first kappa shape index (κ1) is 9.97. The fraction of sp³-hybridized carbons (Fsp3) is 0.300. The number of halogens is 2. The highest BCUT2D eigenvalue weighted by molar-refractivity contribution is 6.35. The lowest BCUT2D eigenvalue weighted by Gasteiger charge is -2.14. The van der Waals surface area contributed by atoms with Gasteiger partial charge in [-0.05, 0) is 24.6 Å². The Morgan fingerprint density at radius 1 is 1.36 bits per heavy atom.